The van der Waals surface area contributed by atoms with Crippen LogP contribution in [0.1, 0.15) is 0 Å². The van der Waals surface area contributed by atoms with Gasteiger partial charge < -0.3 is 5.73 Å². The molecule has 0 aliphatic heterocycles. The number of fused-ring (bicyclic) bond motifs is 1. The van der Waals surface area contributed by atoms with Crippen LogP contribution in [-0.4, -0.2) is 15.0 Å². The number of rotatable bonds is 2. The maximum Gasteiger partial charge on any atom is 0.220 e. The Morgan fingerprint density at radius 2 is 1.82 bits per heavy atom. The van der Waals surface area contributed by atoms with Crippen molar-refractivity contribution >= 4 is 50.4 Å². The fourth-order valence-electron chi connectivity index (χ4n) is 2.12. The molecule has 0 unspecified atom stereocenters. The zero-order valence-corrected chi connectivity index (χ0v) is 13.5. The van der Waals surface area contributed by atoms with Gasteiger partial charge in [-0.15, -0.1) is 22.7 Å². The fourth-order valence-corrected chi connectivity index (χ4v) is 4.42. The van der Waals surface area contributed by atoms with Crippen LogP contribution < -0.4 is 5.73 Å². The van der Waals surface area contributed by atoms with Crippen molar-refractivity contribution in [1.82, 2.24) is 15.0 Å². The summed E-state index contributed by atoms with van der Waals surface area (Å²) >= 11 is 9.45. The molecule has 7 heteroatoms. The van der Waals surface area contributed by atoms with Crippen molar-refractivity contribution in [1.29, 1.82) is 0 Å². The first-order valence-electron chi connectivity index (χ1n) is 6.45. The monoisotopic (exact) mass is 344 g/mol. The molecule has 0 amide bonds. The molecule has 0 bridgehead atoms. The number of hydrogen-bond donors (Lipinski definition) is 1. The molecule has 22 heavy (non-hydrogen) atoms. The molecule has 3 aromatic heterocycles. The van der Waals surface area contributed by atoms with Crippen molar-refractivity contribution in [2.75, 3.05) is 5.73 Å². The van der Waals surface area contributed by atoms with Gasteiger partial charge in [0.15, 0.2) is 0 Å². The van der Waals surface area contributed by atoms with E-state index in [1.54, 1.807) is 28.9 Å². The van der Waals surface area contributed by atoms with E-state index >= 15 is 0 Å². The number of nitrogens with two attached hydrogens (primary N) is 1. The van der Waals surface area contributed by atoms with Crippen molar-refractivity contribution in [2.24, 2.45) is 0 Å². The maximum absolute atomic E-state index is 6.19. The topological polar surface area (TPSA) is 64.7 Å². The van der Waals surface area contributed by atoms with Crippen LogP contribution in [0.15, 0.2) is 42.6 Å². The van der Waals surface area contributed by atoms with Gasteiger partial charge in [0, 0.05) is 6.20 Å². The molecule has 108 valence electrons. The Morgan fingerprint density at radius 3 is 2.64 bits per heavy atom. The van der Waals surface area contributed by atoms with Gasteiger partial charge in [0.2, 0.25) is 5.95 Å². The highest BCUT2D eigenvalue weighted by Gasteiger charge is 2.12. The lowest BCUT2D eigenvalue weighted by Crippen LogP contribution is -1.93. The number of halogens is 1. The molecular weight excluding hydrogens is 336 g/mol. The minimum Gasteiger partial charge on any atom is -0.368 e. The van der Waals surface area contributed by atoms with Crippen molar-refractivity contribution < 1.29 is 0 Å². The van der Waals surface area contributed by atoms with Crippen LogP contribution in [0.3, 0.4) is 0 Å². The first-order valence-corrected chi connectivity index (χ1v) is 8.46. The highest BCUT2D eigenvalue weighted by atomic mass is 35.5. The van der Waals surface area contributed by atoms with Crippen LogP contribution in [-0.2, 0) is 0 Å². The molecule has 0 fully saturated rings. The molecule has 4 aromatic rings. The molecule has 0 saturated carbocycles. The minimum atomic E-state index is 0.277. The molecule has 0 spiro atoms. The van der Waals surface area contributed by atoms with Crippen molar-refractivity contribution in [3.05, 3.63) is 47.6 Å². The molecular formula is C15H9ClN4S2. The highest BCUT2D eigenvalue weighted by Crippen LogP contribution is 2.38. The largest absolute Gasteiger partial charge is 0.368 e. The van der Waals surface area contributed by atoms with E-state index in [1.807, 2.05) is 36.4 Å². The van der Waals surface area contributed by atoms with E-state index in [9.17, 15) is 0 Å². The second-order valence-corrected chi connectivity index (χ2v) is 7.09. The summed E-state index contributed by atoms with van der Waals surface area (Å²) in [5, 5.41) is 1.64. The molecule has 0 aliphatic rings. The van der Waals surface area contributed by atoms with Crippen LogP contribution in [0.5, 0.6) is 0 Å². The zero-order valence-electron chi connectivity index (χ0n) is 11.2. The van der Waals surface area contributed by atoms with Crippen molar-refractivity contribution in [3.8, 4) is 20.5 Å². The fraction of sp³-hybridized carbons (Fsp3) is 0. The predicted molar refractivity (Wildman–Crippen MR) is 93.4 cm³/mol. The number of para-hydroxylation sites is 1. The second kappa shape index (κ2) is 5.31. The molecule has 3 heterocycles. The first-order chi connectivity index (χ1) is 10.7. The Hall–Kier alpha value is -2.02. The Balaban J connectivity index is 1.78. The average molecular weight is 345 g/mol. The Labute approximate surface area is 139 Å². The SMILES string of the molecule is Nc1nccc(-c2ccc(-c3nc4c(Cl)cccc4s3)s2)n1. The van der Waals surface area contributed by atoms with E-state index < -0.39 is 0 Å². The zero-order chi connectivity index (χ0) is 15.1. The number of thiazole rings is 1. The number of nitrogen functional groups attached to an aromatic ring is 1. The van der Waals surface area contributed by atoms with Gasteiger partial charge in [-0.25, -0.2) is 15.0 Å². The summed E-state index contributed by atoms with van der Waals surface area (Å²) in [6.07, 6.45) is 1.66. The molecule has 0 saturated heterocycles. The van der Waals surface area contributed by atoms with Gasteiger partial charge in [0.05, 0.1) is 25.2 Å². The normalized spacial score (nSPS) is 11.1. The summed E-state index contributed by atoms with van der Waals surface area (Å²) in [7, 11) is 0. The Kier molecular flexibility index (Phi) is 3.29. The summed E-state index contributed by atoms with van der Waals surface area (Å²) in [6, 6.07) is 11.7. The van der Waals surface area contributed by atoms with Crippen LogP contribution in [0.4, 0.5) is 5.95 Å². The lowest BCUT2D eigenvalue weighted by Gasteiger charge is -1.96. The minimum absolute atomic E-state index is 0.277. The molecule has 0 radical (unpaired) electrons. The van der Waals surface area contributed by atoms with E-state index in [0.29, 0.717) is 5.02 Å². The number of anilines is 1. The smallest absolute Gasteiger partial charge is 0.220 e. The summed E-state index contributed by atoms with van der Waals surface area (Å²) in [5.74, 6) is 0.277. The standard InChI is InChI=1S/C15H9ClN4S2/c16-8-2-1-3-11-13(8)20-14(22-11)12-5-4-10(21-12)9-6-7-18-15(17)19-9/h1-7H,(H2,17,18,19). The number of nitrogens with zero attached hydrogens (tertiary/aromatic N) is 3. The van der Waals surface area contributed by atoms with Gasteiger partial charge in [-0.2, -0.15) is 0 Å². The Bertz CT molecular complexity index is 977. The molecule has 2 N–H and O–H groups in total. The summed E-state index contributed by atoms with van der Waals surface area (Å²) in [4.78, 5) is 14.9. The average Bonchev–Trinajstić information content (AvgIpc) is 3.14. The Morgan fingerprint density at radius 1 is 0.955 bits per heavy atom. The molecule has 4 nitrogen and oxygen atoms in total. The van der Waals surface area contributed by atoms with Crippen LogP contribution in [0.25, 0.3) is 30.7 Å². The maximum atomic E-state index is 6.19. The molecule has 4 rings (SSSR count). The van der Waals surface area contributed by atoms with E-state index in [-0.39, 0.29) is 5.95 Å². The molecule has 1 aromatic carbocycles. The van der Waals surface area contributed by atoms with E-state index in [0.717, 1.165) is 30.7 Å². The van der Waals surface area contributed by atoms with Crippen LogP contribution >= 0.6 is 34.3 Å². The third-order valence-corrected chi connectivity index (χ3v) is 5.72. The van der Waals surface area contributed by atoms with Gasteiger partial charge in [-0.05, 0) is 30.3 Å². The van der Waals surface area contributed by atoms with E-state index in [2.05, 4.69) is 15.0 Å². The first kappa shape index (κ1) is 13.6. The van der Waals surface area contributed by atoms with Crippen LogP contribution in [0, 0.1) is 0 Å². The number of aromatic nitrogens is 3. The van der Waals surface area contributed by atoms with Crippen molar-refractivity contribution in [3.63, 3.8) is 0 Å². The predicted octanol–water partition coefficient (Wildman–Crippen LogP) is 4.72. The number of hydrogen-bond acceptors (Lipinski definition) is 6. The van der Waals surface area contributed by atoms with Gasteiger partial charge >= 0.3 is 0 Å². The lowest BCUT2D eigenvalue weighted by atomic mass is 10.3. The van der Waals surface area contributed by atoms with Gasteiger partial charge in [0.1, 0.15) is 10.5 Å². The third-order valence-electron chi connectivity index (χ3n) is 3.11. The number of thiophene rings is 1. The van der Waals surface area contributed by atoms with Gasteiger partial charge in [0.25, 0.3) is 0 Å². The summed E-state index contributed by atoms with van der Waals surface area (Å²) in [6.45, 7) is 0. The summed E-state index contributed by atoms with van der Waals surface area (Å²) in [5.41, 5.74) is 7.31. The number of benzene rings is 1. The van der Waals surface area contributed by atoms with E-state index in [4.69, 9.17) is 17.3 Å². The van der Waals surface area contributed by atoms with E-state index in [1.165, 1.54) is 0 Å². The molecule has 0 aliphatic carbocycles. The van der Waals surface area contributed by atoms with Gasteiger partial charge in [-0.1, -0.05) is 17.7 Å². The molecule has 0 atom stereocenters. The van der Waals surface area contributed by atoms with Crippen LogP contribution in [0.2, 0.25) is 5.02 Å². The van der Waals surface area contributed by atoms with Crippen molar-refractivity contribution in [2.45, 2.75) is 0 Å². The summed E-state index contributed by atoms with van der Waals surface area (Å²) < 4.78 is 1.09. The lowest BCUT2D eigenvalue weighted by molar-refractivity contribution is 1.19. The third kappa shape index (κ3) is 2.35. The highest BCUT2D eigenvalue weighted by molar-refractivity contribution is 7.26. The van der Waals surface area contributed by atoms with Gasteiger partial charge in [-0.3, -0.25) is 0 Å². The second-order valence-electron chi connectivity index (χ2n) is 4.57. The quantitative estimate of drug-likeness (QED) is 0.571.